The lowest BCUT2D eigenvalue weighted by Crippen LogP contribution is -2.37. The van der Waals surface area contributed by atoms with Crippen LogP contribution in [-0.2, 0) is 14.8 Å². The Labute approximate surface area is 224 Å². The zero-order chi connectivity index (χ0) is 26.5. The van der Waals surface area contributed by atoms with Crippen LogP contribution in [0.5, 0.6) is 0 Å². The Morgan fingerprint density at radius 3 is 2.13 bits per heavy atom. The number of hydrogen-bond acceptors (Lipinski definition) is 8. The van der Waals surface area contributed by atoms with Gasteiger partial charge < -0.3 is 14.5 Å². The number of aliphatic imine (C=N–C) groups is 1. The van der Waals surface area contributed by atoms with Gasteiger partial charge in [0.05, 0.1) is 29.5 Å². The Hall–Kier alpha value is -3.02. The monoisotopic (exact) mass is 541 g/mol. The second kappa shape index (κ2) is 11.8. The molecule has 3 heterocycles. The van der Waals surface area contributed by atoms with E-state index >= 15 is 0 Å². The van der Waals surface area contributed by atoms with E-state index in [1.165, 1.54) is 12.1 Å². The van der Waals surface area contributed by atoms with Crippen LogP contribution < -0.4 is 9.80 Å². The van der Waals surface area contributed by atoms with E-state index < -0.39 is 14.9 Å². The summed E-state index contributed by atoms with van der Waals surface area (Å²) in [5, 5.41) is 11.5. The molecule has 38 heavy (non-hydrogen) atoms. The first kappa shape index (κ1) is 26.6. The first-order chi connectivity index (χ1) is 18.4. The fourth-order valence-electron chi connectivity index (χ4n) is 5.43. The number of hydrogen-bond donors (Lipinski definition) is 0. The van der Waals surface area contributed by atoms with E-state index in [1.807, 2.05) is 12.1 Å². The molecule has 0 aromatic heterocycles. The van der Waals surface area contributed by atoms with E-state index in [1.54, 1.807) is 22.7 Å². The molecule has 0 amide bonds. The minimum absolute atomic E-state index is 0.0164. The van der Waals surface area contributed by atoms with Gasteiger partial charge >= 0.3 is 0 Å². The maximum absolute atomic E-state index is 13.8. The van der Waals surface area contributed by atoms with Gasteiger partial charge in [0, 0.05) is 68.9 Å². The molecular weight excluding hydrogens is 506 g/mol. The largest absolute Gasteiger partial charge is 0.378 e. The Kier molecular flexibility index (Phi) is 8.25. The highest BCUT2D eigenvalue weighted by Gasteiger charge is 2.30. The van der Waals surface area contributed by atoms with Crippen molar-refractivity contribution in [2.75, 3.05) is 62.3 Å². The van der Waals surface area contributed by atoms with E-state index in [2.05, 4.69) is 14.8 Å². The smallest absolute Gasteiger partial charge is 0.270 e. The normalized spacial score (nSPS) is 19.7. The molecule has 5 rings (SSSR count). The third-order valence-corrected chi connectivity index (χ3v) is 9.43. The molecule has 10 nitrogen and oxygen atoms in total. The van der Waals surface area contributed by atoms with Gasteiger partial charge in [-0.1, -0.05) is 6.42 Å². The lowest BCUT2D eigenvalue weighted by molar-refractivity contribution is -0.384. The lowest BCUT2D eigenvalue weighted by Gasteiger charge is -2.32. The first-order valence-corrected chi connectivity index (χ1v) is 14.9. The van der Waals surface area contributed by atoms with Crippen LogP contribution >= 0.6 is 0 Å². The predicted octanol–water partition coefficient (Wildman–Crippen LogP) is 4.35. The number of benzene rings is 2. The van der Waals surface area contributed by atoms with Crippen LogP contribution in [0.4, 0.5) is 22.7 Å². The quantitative estimate of drug-likeness (QED) is 0.291. The van der Waals surface area contributed by atoms with Gasteiger partial charge in [-0.15, -0.1) is 0 Å². The van der Waals surface area contributed by atoms with Crippen molar-refractivity contribution in [2.45, 2.75) is 43.4 Å². The van der Waals surface area contributed by atoms with Gasteiger partial charge in [-0.3, -0.25) is 15.1 Å². The third-order valence-electron chi connectivity index (χ3n) is 7.50. The molecule has 3 fully saturated rings. The van der Waals surface area contributed by atoms with E-state index in [-0.39, 0.29) is 5.69 Å². The van der Waals surface area contributed by atoms with Crippen molar-refractivity contribution < 1.29 is 18.1 Å². The highest BCUT2D eigenvalue weighted by atomic mass is 32.2. The van der Waals surface area contributed by atoms with Crippen LogP contribution in [-0.4, -0.2) is 76.3 Å². The number of nitro benzene ring substituents is 1. The van der Waals surface area contributed by atoms with Crippen LogP contribution in [0.3, 0.4) is 0 Å². The molecule has 11 heteroatoms. The molecule has 0 atom stereocenters. The molecule has 0 unspecified atom stereocenters. The zero-order valence-corrected chi connectivity index (χ0v) is 22.4. The number of sulfonamides is 1. The molecule has 0 radical (unpaired) electrons. The van der Waals surface area contributed by atoms with Gasteiger partial charge in [-0.25, -0.2) is 8.42 Å². The molecule has 3 aliphatic heterocycles. The molecule has 204 valence electrons. The van der Waals surface area contributed by atoms with Gasteiger partial charge in [-0.05, 0) is 56.4 Å². The maximum atomic E-state index is 13.8. The van der Waals surface area contributed by atoms with Crippen LogP contribution in [0.1, 0.15) is 44.1 Å². The van der Waals surface area contributed by atoms with E-state index in [0.717, 1.165) is 63.0 Å². The Bertz CT molecular complexity index is 1280. The van der Waals surface area contributed by atoms with Gasteiger partial charge in [0.15, 0.2) is 0 Å². The standard InChI is InChI=1S/C27H35N5O5S/c33-32(34)24-8-10-25(30-15-17-37-18-16-30)22(19-24)21-28-23-7-9-26(29-11-3-1-4-12-29)27(20-23)38(35,36)31-13-5-2-6-14-31/h7-10,19-21H,1-6,11-18H2. The van der Waals surface area contributed by atoms with E-state index in [4.69, 9.17) is 4.74 Å². The Balaban J connectivity index is 1.52. The number of anilines is 2. The number of non-ortho nitro benzene ring substituents is 1. The molecule has 0 bridgehead atoms. The zero-order valence-electron chi connectivity index (χ0n) is 21.6. The van der Waals surface area contributed by atoms with Crippen molar-refractivity contribution in [3.8, 4) is 0 Å². The minimum atomic E-state index is -3.68. The molecule has 3 aliphatic rings. The Morgan fingerprint density at radius 2 is 1.45 bits per heavy atom. The number of nitro groups is 1. The maximum Gasteiger partial charge on any atom is 0.270 e. The summed E-state index contributed by atoms with van der Waals surface area (Å²) in [6.07, 6.45) is 7.62. The minimum Gasteiger partial charge on any atom is -0.378 e. The summed E-state index contributed by atoms with van der Waals surface area (Å²) in [6.45, 7) is 5.27. The summed E-state index contributed by atoms with van der Waals surface area (Å²) in [6, 6.07) is 10.1. The highest BCUT2D eigenvalue weighted by Crippen LogP contribution is 2.35. The van der Waals surface area contributed by atoms with Gasteiger partial charge in [0.1, 0.15) is 4.90 Å². The second-order valence-corrected chi connectivity index (χ2v) is 11.9. The number of nitrogens with zero attached hydrogens (tertiary/aromatic N) is 5. The van der Waals surface area contributed by atoms with Crippen molar-refractivity contribution in [1.82, 2.24) is 4.31 Å². The number of piperidine rings is 2. The SMILES string of the molecule is O=[N+]([O-])c1ccc(N2CCOCC2)c(C=Nc2ccc(N3CCCCC3)c(S(=O)(=O)N3CCCCC3)c2)c1. The van der Waals surface area contributed by atoms with Crippen LogP contribution in [0, 0.1) is 10.1 Å². The van der Waals surface area contributed by atoms with Gasteiger partial charge in [0.2, 0.25) is 10.0 Å². The number of morpholine rings is 1. The number of ether oxygens (including phenoxy) is 1. The second-order valence-electron chi connectivity index (χ2n) is 10.0. The van der Waals surface area contributed by atoms with Gasteiger partial charge in [-0.2, -0.15) is 4.31 Å². The average Bonchev–Trinajstić information content (AvgIpc) is 2.97. The molecule has 0 N–H and O–H groups in total. The summed E-state index contributed by atoms with van der Waals surface area (Å²) in [5.41, 5.74) is 2.67. The van der Waals surface area contributed by atoms with E-state index in [9.17, 15) is 18.5 Å². The number of rotatable bonds is 7. The van der Waals surface area contributed by atoms with Crippen LogP contribution in [0.25, 0.3) is 0 Å². The molecule has 0 aliphatic carbocycles. The van der Waals surface area contributed by atoms with Crippen LogP contribution in [0.15, 0.2) is 46.3 Å². The molecule has 0 saturated carbocycles. The van der Waals surface area contributed by atoms with Crippen molar-refractivity contribution >= 4 is 39.0 Å². The molecule has 2 aromatic carbocycles. The summed E-state index contributed by atoms with van der Waals surface area (Å²) < 4.78 is 34.7. The third kappa shape index (κ3) is 5.84. The Morgan fingerprint density at radius 1 is 0.816 bits per heavy atom. The topological polar surface area (TPSA) is 109 Å². The van der Waals surface area contributed by atoms with E-state index in [0.29, 0.717) is 55.5 Å². The van der Waals surface area contributed by atoms with Crippen LogP contribution in [0.2, 0.25) is 0 Å². The summed E-state index contributed by atoms with van der Waals surface area (Å²) >= 11 is 0. The molecule has 2 aromatic rings. The fraction of sp³-hybridized carbons (Fsp3) is 0.519. The molecular formula is C27H35N5O5S. The molecule has 3 saturated heterocycles. The van der Waals surface area contributed by atoms with Crippen molar-refractivity contribution in [3.63, 3.8) is 0 Å². The summed E-state index contributed by atoms with van der Waals surface area (Å²) in [5.74, 6) is 0. The van der Waals surface area contributed by atoms with Crippen molar-refractivity contribution in [2.24, 2.45) is 4.99 Å². The lowest BCUT2D eigenvalue weighted by atomic mass is 10.1. The fourth-order valence-corrected chi connectivity index (χ4v) is 7.17. The average molecular weight is 542 g/mol. The van der Waals surface area contributed by atoms with Crippen molar-refractivity contribution in [3.05, 3.63) is 52.1 Å². The summed E-state index contributed by atoms with van der Waals surface area (Å²) in [7, 11) is -3.68. The van der Waals surface area contributed by atoms with Crippen molar-refractivity contribution in [1.29, 1.82) is 0 Å². The summed E-state index contributed by atoms with van der Waals surface area (Å²) in [4.78, 5) is 20.3. The van der Waals surface area contributed by atoms with Gasteiger partial charge in [0.25, 0.3) is 5.69 Å². The first-order valence-electron chi connectivity index (χ1n) is 13.5. The predicted molar refractivity (Wildman–Crippen MR) is 148 cm³/mol. The highest BCUT2D eigenvalue weighted by molar-refractivity contribution is 7.89. The molecule has 0 spiro atoms.